The maximum absolute atomic E-state index is 12.6. The molecular weight excluding hydrogens is 236 g/mol. The summed E-state index contributed by atoms with van der Waals surface area (Å²) in [5.41, 5.74) is 6.86. The van der Waals surface area contributed by atoms with E-state index in [9.17, 15) is 4.79 Å². The minimum atomic E-state index is -0.193. The standard InChI is InChI=1S/C16H24N2O/c1-2-18(12-13-7-6-8-13)16(19)15(11-17)14-9-4-3-5-10-14/h3-5,9-10,13,15H,2,6-8,11-12,17H2,1H3. The first-order valence-electron chi connectivity index (χ1n) is 7.30. The average molecular weight is 260 g/mol. The zero-order valence-corrected chi connectivity index (χ0v) is 11.7. The highest BCUT2D eigenvalue weighted by Gasteiger charge is 2.27. The summed E-state index contributed by atoms with van der Waals surface area (Å²) in [7, 11) is 0. The Labute approximate surface area is 115 Å². The molecule has 0 spiro atoms. The van der Waals surface area contributed by atoms with Gasteiger partial charge in [0.05, 0.1) is 5.92 Å². The zero-order valence-electron chi connectivity index (χ0n) is 11.7. The lowest BCUT2D eigenvalue weighted by Crippen LogP contribution is -2.41. The molecule has 1 aromatic rings. The van der Waals surface area contributed by atoms with Crippen molar-refractivity contribution in [3.05, 3.63) is 35.9 Å². The van der Waals surface area contributed by atoms with E-state index in [0.29, 0.717) is 12.5 Å². The Kier molecular flexibility index (Phi) is 4.97. The topological polar surface area (TPSA) is 46.3 Å². The molecule has 0 radical (unpaired) electrons. The van der Waals surface area contributed by atoms with E-state index in [4.69, 9.17) is 5.73 Å². The quantitative estimate of drug-likeness (QED) is 0.853. The van der Waals surface area contributed by atoms with Gasteiger partial charge in [-0.25, -0.2) is 0 Å². The number of amides is 1. The maximum atomic E-state index is 12.6. The van der Waals surface area contributed by atoms with Gasteiger partial charge in [-0.1, -0.05) is 36.8 Å². The third-order valence-electron chi connectivity index (χ3n) is 4.13. The molecule has 1 aliphatic carbocycles. The first-order chi connectivity index (χ1) is 9.26. The van der Waals surface area contributed by atoms with Gasteiger partial charge in [0.25, 0.3) is 0 Å². The van der Waals surface area contributed by atoms with Gasteiger partial charge in [-0.3, -0.25) is 4.79 Å². The van der Waals surface area contributed by atoms with Gasteiger partial charge >= 0.3 is 0 Å². The lowest BCUT2D eigenvalue weighted by atomic mass is 9.84. The second-order valence-electron chi connectivity index (χ2n) is 5.37. The summed E-state index contributed by atoms with van der Waals surface area (Å²) in [4.78, 5) is 14.6. The van der Waals surface area contributed by atoms with Crippen LogP contribution in [-0.2, 0) is 4.79 Å². The normalized spacial score (nSPS) is 16.7. The van der Waals surface area contributed by atoms with Crippen molar-refractivity contribution >= 4 is 5.91 Å². The van der Waals surface area contributed by atoms with Gasteiger partial charge in [0.2, 0.25) is 5.91 Å². The minimum Gasteiger partial charge on any atom is -0.342 e. The van der Waals surface area contributed by atoms with Crippen molar-refractivity contribution in [3.63, 3.8) is 0 Å². The Morgan fingerprint density at radius 1 is 1.37 bits per heavy atom. The molecule has 1 unspecified atom stereocenters. The Morgan fingerprint density at radius 3 is 2.53 bits per heavy atom. The number of rotatable bonds is 6. The third-order valence-corrected chi connectivity index (χ3v) is 4.13. The van der Waals surface area contributed by atoms with E-state index in [0.717, 1.165) is 18.7 Å². The van der Waals surface area contributed by atoms with Crippen LogP contribution in [0, 0.1) is 5.92 Å². The molecule has 2 N–H and O–H groups in total. The summed E-state index contributed by atoms with van der Waals surface area (Å²) < 4.78 is 0. The molecule has 1 amide bonds. The summed E-state index contributed by atoms with van der Waals surface area (Å²) in [5.74, 6) is 0.697. The second-order valence-corrected chi connectivity index (χ2v) is 5.37. The molecule has 1 saturated carbocycles. The Hall–Kier alpha value is -1.35. The number of nitrogens with two attached hydrogens (primary N) is 1. The lowest BCUT2D eigenvalue weighted by Gasteiger charge is -2.33. The van der Waals surface area contributed by atoms with E-state index in [-0.39, 0.29) is 11.8 Å². The Morgan fingerprint density at radius 2 is 2.05 bits per heavy atom. The molecule has 19 heavy (non-hydrogen) atoms. The van der Waals surface area contributed by atoms with Gasteiger partial charge < -0.3 is 10.6 Å². The molecule has 104 valence electrons. The summed E-state index contributed by atoms with van der Waals surface area (Å²) in [6, 6.07) is 9.88. The summed E-state index contributed by atoms with van der Waals surface area (Å²) >= 11 is 0. The molecule has 0 aromatic heterocycles. The van der Waals surface area contributed by atoms with Gasteiger partial charge in [-0.2, -0.15) is 0 Å². The smallest absolute Gasteiger partial charge is 0.231 e. The van der Waals surface area contributed by atoms with Gasteiger partial charge in [-0.15, -0.1) is 0 Å². The van der Waals surface area contributed by atoms with E-state index in [1.165, 1.54) is 19.3 Å². The molecule has 1 aliphatic rings. The highest BCUT2D eigenvalue weighted by molar-refractivity contribution is 5.84. The van der Waals surface area contributed by atoms with Crippen LogP contribution in [0.15, 0.2) is 30.3 Å². The fourth-order valence-electron chi connectivity index (χ4n) is 2.65. The maximum Gasteiger partial charge on any atom is 0.231 e. The van der Waals surface area contributed by atoms with Crippen LogP contribution >= 0.6 is 0 Å². The molecule has 1 fully saturated rings. The van der Waals surface area contributed by atoms with Crippen LogP contribution < -0.4 is 5.73 Å². The van der Waals surface area contributed by atoms with E-state index < -0.39 is 0 Å². The average Bonchev–Trinajstić information content (AvgIpc) is 2.39. The first kappa shape index (κ1) is 14.1. The highest BCUT2D eigenvalue weighted by atomic mass is 16.2. The molecular formula is C16H24N2O. The number of nitrogens with zero attached hydrogens (tertiary/aromatic N) is 1. The van der Waals surface area contributed by atoms with Crippen LogP contribution in [0.2, 0.25) is 0 Å². The van der Waals surface area contributed by atoms with Crippen molar-refractivity contribution in [3.8, 4) is 0 Å². The van der Waals surface area contributed by atoms with Gasteiger partial charge in [0.15, 0.2) is 0 Å². The molecule has 2 rings (SSSR count). The van der Waals surface area contributed by atoms with Crippen LogP contribution in [0.3, 0.4) is 0 Å². The third kappa shape index (κ3) is 3.35. The zero-order chi connectivity index (χ0) is 13.7. The Bertz CT molecular complexity index is 400. The van der Waals surface area contributed by atoms with E-state index in [1.54, 1.807) is 0 Å². The monoisotopic (exact) mass is 260 g/mol. The van der Waals surface area contributed by atoms with Crippen LogP contribution in [0.4, 0.5) is 0 Å². The number of benzene rings is 1. The summed E-state index contributed by atoms with van der Waals surface area (Å²) in [5, 5.41) is 0. The number of likely N-dealkylation sites (N-methyl/N-ethyl adjacent to an activating group) is 1. The van der Waals surface area contributed by atoms with Crippen molar-refractivity contribution in [1.29, 1.82) is 0 Å². The number of carbonyl (C=O) groups excluding carboxylic acids is 1. The molecule has 3 nitrogen and oxygen atoms in total. The molecule has 1 aromatic carbocycles. The van der Waals surface area contributed by atoms with Crippen LogP contribution in [0.1, 0.15) is 37.7 Å². The minimum absolute atomic E-state index is 0.183. The Balaban J connectivity index is 2.05. The summed E-state index contributed by atoms with van der Waals surface area (Å²) in [6.45, 7) is 4.11. The van der Waals surface area contributed by atoms with Crippen molar-refractivity contribution in [2.45, 2.75) is 32.1 Å². The predicted molar refractivity (Wildman–Crippen MR) is 77.8 cm³/mol. The van der Waals surface area contributed by atoms with Gasteiger partial charge in [-0.05, 0) is 31.2 Å². The van der Waals surface area contributed by atoms with Gasteiger partial charge in [0, 0.05) is 19.6 Å². The SMILES string of the molecule is CCN(CC1CCC1)C(=O)C(CN)c1ccccc1. The van der Waals surface area contributed by atoms with E-state index in [2.05, 4.69) is 6.92 Å². The largest absolute Gasteiger partial charge is 0.342 e. The number of hydrogen-bond acceptors (Lipinski definition) is 2. The molecule has 1 atom stereocenters. The number of hydrogen-bond donors (Lipinski definition) is 1. The van der Waals surface area contributed by atoms with Crippen molar-refractivity contribution in [1.82, 2.24) is 4.90 Å². The fraction of sp³-hybridized carbons (Fsp3) is 0.562. The molecule has 3 heteroatoms. The van der Waals surface area contributed by atoms with E-state index in [1.807, 2.05) is 35.2 Å². The van der Waals surface area contributed by atoms with E-state index >= 15 is 0 Å². The molecule has 0 heterocycles. The number of carbonyl (C=O) groups is 1. The van der Waals surface area contributed by atoms with Crippen molar-refractivity contribution < 1.29 is 4.79 Å². The van der Waals surface area contributed by atoms with Crippen molar-refractivity contribution in [2.75, 3.05) is 19.6 Å². The molecule has 0 saturated heterocycles. The van der Waals surface area contributed by atoms with Crippen molar-refractivity contribution in [2.24, 2.45) is 11.7 Å². The van der Waals surface area contributed by atoms with Gasteiger partial charge in [0.1, 0.15) is 0 Å². The molecule has 0 bridgehead atoms. The van der Waals surface area contributed by atoms with Crippen LogP contribution in [0.5, 0.6) is 0 Å². The second kappa shape index (κ2) is 6.71. The van der Waals surface area contributed by atoms with Crippen LogP contribution in [-0.4, -0.2) is 30.4 Å². The predicted octanol–water partition coefficient (Wildman–Crippen LogP) is 2.38. The summed E-state index contributed by atoms with van der Waals surface area (Å²) in [6.07, 6.45) is 3.85. The first-order valence-corrected chi connectivity index (χ1v) is 7.30. The lowest BCUT2D eigenvalue weighted by molar-refractivity contribution is -0.133. The highest BCUT2D eigenvalue weighted by Crippen LogP contribution is 2.28. The van der Waals surface area contributed by atoms with Crippen LogP contribution in [0.25, 0.3) is 0 Å². The fourth-order valence-corrected chi connectivity index (χ4v) is 2.65. The molecule has 0 aliphatic heterocycles.